The zero-order valence-electron chi connectivity index (χ0n) is 9.60. The predicted octanol–water partition coefficient (Wildman–Crippen LogP) is 1.90. The van der Waals surface area contributed by atoms with Crippen molar-refractivity contribution >= 4 is 5.97 Å². The van der Waals surface area contributed by atoms with Gasteiger partial charge in [-0.05, 0) is 32.4 Å². The summed E-state index contributed by atoms with van der Waals surface area (Å²) in [6.45, 7) is 4.95. The summed E-state index contributed by atoms with van der Waals surface area (Å²) < 4.78 is 5.29. The number of aliphatic hydroxyl groups excluding tert-OH is 1. The number of benzene rings is 1. The molecule has 0 aromatic heterocycles. The zero-order valence-corrected chi connectivity index (χ0v) is 9.60. The molecule has 2 N–H and O–H groups in total. The van der Waals surface area contributed by atoms with E-state index >= 15 is 0 Å². The number of ether oxygens (including phenoxy) is 1. The van der Waals surface area contributed by atoms with Crippen molar-refractivity contribution in [3.05, 3.63) is 29.3 Å². The van der Waals surface area contributed by atoms with E-state index in [2.05, 4.69) is 0 Å². The van der Waals surface area contributed by atoms with Crippen LogP contribution >= 0.6 is 0 Å². The normalized spacial score (nSPS) is 14.2. The molecule has 0 amide bonds. The standard InChI is InChI=1S/C12H16O4/c1-7-4-5-10(8(2)13)11(6-7)16-9(3)12(14)15/h4-6,8-9,13H,1-3H3,(H,14,15). The summed E-state index contributed by atoms with van der Waals surface area (Å²) in [5, 5.41) is 18.3. The first-order chi connectivity index (χ1) is 7.41. The lowest BCUT2D eigenvalue weighted by Gasteiger charge is -2.16. The molecular weight excluding hydrogens is 208 g/mol. The third-order valence-electron chi connectivity index (χ3n) is 2.27. The number of aryl methyl sites for hydroxylation is 1. The highest BCUT2D eigenvalue weighted by atomic mass is 16.5. The molecule has 2 atom stereocenters. The summed E-state index contributed by atoms with van der Waals surface area (Å²) in [4.78, 5) is 10.7. The first-order valence-electron chi connectivity index (χ1n) is 5.10. The van der Waals surface area contributed by atoms with E-state index in [9.17, 15) is 9.90 Å². The van der Waals surface area contributed by atoms with E-state index in [0.29, 0.717) is 11.3 Å². The monoisotopic (exact) mass is 224 g/mol. The summed E-state index contributed by atoms with van der Waals surface area (Å²) >= 11 is 0. The van der Waals surface area contributed by atoms with Gasteiger partial charge in [0.15, 0.2) is 6.10 Å². The summed E-state index contributed by atoms with van der Waals surface area (Å²) in [5.74, 6) is -0.608. The van der Waals surface area contributed by atoms with Crippen LogP contribution in [0.4, 0.5) is 0 Å². The lowest BCUT2D eigenvalue weighted by atomic mass is 10.1. The Morgan fingerprint density at radius 1 is 1.38 bits per heavy atom. The highest BCUT2D eigenvalue weighted by Gasteiger charge is 2.16. The second kappa shape index (κ2) is 4.99. The van der Waals surface area contributed by atoms with Crippen molar-refractivity contribution in [3.63, 3.8) is 0 Å². The predicted molar refractivity (Wildman–Crippen MR) is 59.5 cm³/mol. The molecule has 4 heteroatoms. The van der Waals surface area contributed by atoms with Crippen LogP contribution < -0.4 is 4.74 Å². The molecule has 88 valence electrons. The van der Waals surface area contributed by atoms with Gasteiger partial charge < -0.3 is 14.9 Å². The molecule has 4 nitrogen and oxygen atoms in total. The summed E-state index contributed by atoms with van der Waals surface area (Å²) in [7, 11) is 0. The van der Waals surface area contributed by atoms with Crippen LogP contribution in [0, 0.1) is 6.92 Å². The van der Waals surface area contributed by atoms with Crippen molar-refractivity contribution in [2.24, 2.45) is 0 Å². The lowest BCUT2D eigenvalue weighted by Crippen LogP contribution is -2.23. The van der Waals surface area contributed by atoms with Crippen molar-refractivity contribution in [2.45, 2.75) is 33.0 Å². The molecule has 1 rings (SSSR count). The third kappa shape index (κ3) is 2.97. The highest BCUT2D eigenvalue weighted by Crippen LogP contribution is 2.27. The van der Waals surface area contributed by atoms with E-state index in [-0.39, 0.29) is 0 Å². The lowest BCUT2D eigenvalue weighted by molar-refractivity contribution is -0.144. The first-order valence-corrected chi connectivity index (χ1v) is 5.10. The number of carboxylic acid groups (broad SMARTS) is 1. The Labute approximate surface area is 94.5 Å². The SMILES string of the molecule is Cc1ccc(C(C)O)c(OC(C)C(=O)O)c1. The smallest absolute Gasteiger partial charge is 0.344 e. The van der Waals surface area contributed by atoms with Crippen LogP contribution in [0.1, 0.15) is 31.1 Å². The maximum absolute atomic E-state index is 10.7. The van der Waals surface area contributed by atoms with Crippen LogP contribution in [-0.2, 0) is 4.79 Å². The van der Waals surface area contributed by atoms with Gasteiger partial charge in [-0.25, -0.2) is 4.79 Å². The Morgan fingerprint density at radius 3 is 2.50 bits per heavy atom. The number of aliphatic carboxylic acids is 1. The first kappa shape index (κ1) is 12.5. The largest absolute Gasteiger partial charge is 0.479 e. The van der Waals surface area contributed by atoms with E-state index < -0.39 is 18.2 Å². The minimum absolute atomic E-state index is 0.421. The van der Waals surface area contributed by atoms with Crippen molar-refractivity contribution in [1.29, 1.82) is 0 Å². The fourth-order valence-electron chi connectivity index (χ4n) is 1.33. The minimum Gasteiger partial charge on any atom is -0.479 e. The van der Waals surface area contributed by atoms with Crippen LogP contribution in [0.25, 0.3) is 0 Å². The molecule has 0 fully saturated rings. The number of hydrogen-bond donors (Lipinski definition) is 2. The summed E-state index contributed by atoms with van der Waals surface area (Å²) in [6.07, 6.45) is -1.61. The number of aliphatic hydroxyl groups is 1. The van der Waals surface area contributed by atoms with Crippen LogP contribution in [-0.4, -0.2) is 22.3 Å². The van der Waals surface area contributed by atoms with Crippen molar-refractivity contribution in [2.75, 3.05) is 0 Å². The van der Waals surface area contributed by atoms with Crippen molar-refractivity contribution < 1.29 is 19.7 Å². The van der Waals surface area contributed by atoms with Gasteiger partial charge in [0.1, 0.15) is 5.75 Å². The van der Waals surface area contributed by atoms with Gasteiger partial charge in [-0.3, -0.25) is 0 Å². The Balaban J connectivity index is 3.01. The van der Waals surface area contributed by atoms with E-state index in [0.717, 1.165) is 5.56 Å². The van der Waals surface area contributed by atoms with Gasteiger partial charge in [-0.1, -0.05) is 12.1 Å². The van der Waals surface area contributed by atoms with Gasteiger partial charge in [0.05, 0.1) is 6.10 Å². The van der Waals surface area contributed by atoms with Crippen LogP contribution in [0.15, 0.2) is 18.2 Å². The maximum Gasteiger partial charge on any atom is 0.344 e. The molecule has 2 unspecified atom stereocenters. The van der Waals surface area contributed by atoms with Crippen LogP contribution in [0.2, 0.25) is 0 Å². The zero-order chi connectivity index (χ0) is 12.3. The maximum atomic E-state index is 10.7. The molecule has 0 saturated carbocycles. The van der Waals surface area contributed by atoms with Crippen molar-refractivity contribution in [3.8, 4) is 5.75 Å². The van der Waals surface area contributed by atoms with E-state index in [1.54, 1.807) is 19.1 Å². The molecule has 1 aromatic carbocycles. The Morgan fingerprint density at radius 2 is 2.00 bits per heavy atom. The molecule has 0 radical (unpaired) electrons. The molecule has 1 aromatic rings. The average Bonchev–Trinajstić information content (AvgIpc) is 2.16. The molecule has 16 heavy (non-hydrogen) atoms. The van der Waals surface area contributed by atoms with E-state index in [1.807, 2.05) is 13.0 Å². The molecular formula is C12H16O4. The number of carboxylic acids is 1. The van der Waals surface area contributed by atoms with Gasteiger partial charge >= 0.3 is 5.97 Å². The fraction of sp³-hybridized carbons (Fsp3) is 0.417. The Hall–Kier alpha value is -1.55. The Bertz CT molecular complexity index is 385. The highest BCUT2D eigenvalue weighted by molar-refractivity contribution is 5.72. The van der Waals surface area contributed by atoms with Gasteiger partial charge in [0, 0.05) is 5.56 Å². The van der Waals surface area contributed by atoms with Gasteiger partial charge in [-0.15, -0.1) is 0 Å². The number of carbonyl (C=O) groups is 1. The van der Waals surface area contributed by atoms with E-state index in [1.165, 1.54) is 6.92 Å². The second-order valence-corrected chi connectivity index (χ2v) is 3.82. The van der Waals surface area contributed by atoms with Gasteiger partial charge in [0.25, 0.3) is 0 Å². The third-order valence-corrected chi connectivity index (χ3v) is 2.27. The molecule has 0 bridgehead atoms. The average molecular weight is 224 g/mol. The minimum atomic E-state index is -1.03. The molecule has 0 heterocycles. The molecule has 0 aliphatic rings. The summed E-state index contributed by atoms with van der Waals surface area (Å²) in [5.41, 5.74) is 1.55. The molecule has 0 aliphatic heterocycles. The molecule has 0 aliphatic carbocycles. The second-order valence-electron chi connectivity index (χ2n) is 3.82. The quantitative estimate of drug-likeness (QED) is 0.819. The Kier molecular flexibility index (Phi) is 3.90. The van der Waals surface area contributed by atoms with E-state index in [4.69, 9.17) is 9.84 Å². The fourth-order valence-corrected chi connectivity index (χ4v) is 1.33. The number of hydrogen-bond acceptors (Lipinski definition) is 3. The molecule has 0 spiro atoms. The molecule has 0 saturated heterocycles. The van der Waals surface area contributed by atoms with Crippen LogP contribution in [0.3, 0.4) is 0 Å². The summed E-state index contributed by atoms with van der Waals surface area (Å²) in [6, 6.07) is 5.31. The van der Waals surface area contributed by atoms with Gasteiger partial charge in [0.2, 0.25) is 0 Å². The topological polar surface area (TPSA) is 66.8 Å². The van der Waals surface area contributed by atoms with Gasteiger partial charge in [-0.2, -0.15) is 0 Å². The van der Waals surface area contributed by atoms with Crippen molar-refractivity contribution in [1.82, 2.24) is 0 Å². The van der Waals surface area contributed by atoms with Crippen LogP contribution in [0.5, 0.6) is 5.75 Å². The number of rotatable bonds is 4.